The van der Waals surface area contributed by atoms with E-state index in [-0.39, 0.29) is 24.9 Å². The molecule has 0 saturated carbocycles. The Balaban J connectivity index is 1.97. The highest BCUT2D eigenvalue weighted by Crippen LogP contribution is 2.38. The molecule has 24 heavy (non-hydrogen) atoms. The van der Waals surface area contributed by atoms with Crippen LogP contribution in [0.2, 0.25) is 6.32 Å². The first-order valence-corrected chi connectivity index (χ1v) is 8.92. The lowest BCUT2D eigenvalue weighted by atomic mass is 9.82. The van der Waals surface area contributed by atoms with Gasteiger partial charge < -0.3 is 14.4 Å². The largest absolute Gasteiger partial charge is 0.458 e. The Kier molecular flexibility index (Phi) is 5.95. The second kappa shape index (κ2) is 7.43. The summed E-state index contributed by atoms with van der Waals surface area (Å²) in [7, 11) is -0.186. The van der Waals surface area contributed by atoms with Gasteiger partial charge in [0.25, 0.3) is 0 Å². The van der Waals surface area contributed by atoms with Crippen molar-refractivity contribution in [2.24, 2.45) is 0 Å². The van der Waals surface area contributed by atoms with E-state index in [1.165, 1.54) is 5.56 Å². The van der Waals surface area contributed by atoms with Gasteiger partial charge in [-0.2, -0.15) is 0 Å². The minimum absolute atomic E-state index is 0.0460. The van der Waals surface area contributed by atoms with E-state index < -0.39 is 0 Å². The Bertz CT molecular complexity index is 557. The molecule has 0 atom stereocenters. The van der Waals surface area contributed by atoms with E-state index in [1.54, 1.807) is 0 Å². The van der Waals surface area contributed by atoms with E-state index in [9.17, 15) is 5.11 Å². The predicted molar refractivity (Wildman–Crippen MR) is 101 cm³/mol. The Morgan fingerprint density at radius 1 is 1.08 bits per heavy atom. The molecule has 0 unspecified atom stereocenters. The first kappa shape index (κ1) is 19.2. The SMILES string of the molecule is CC(C)c1ccc(/C(=C\CCB2OC(C)(C)C(C)(C)O2)CO)cc1. The summed E-state index contributed by atoms with van der Waals surface area (Å²) in [6.07, 6.45) is 3.70. The van der Waals surface area contributed by atoms with Crippen molar-refractivity contribution in [1.29, 1.82) is 0 Å². The lowest BCUT2D eigenvalue weighted by molar-refractivity contribution is 0.00578. The number of rotatable bonds is 6. The van der Waals surface area contributed by atoms with Crippen LogP contribution in [0.25, 0.3) is 5.57 Å². The molecule has 0 amide bonds. The highest BCUT2D eigenvalue weighted by atomic mass is 16.7. The van der Waals surface area contributed by atoms with Crippen LogP contribution in [-0.4, -0.2) is 30.0 Å². The Morgan fingerprint density at radius 3 is 2.08 bits per heavy atom. The molecular formula is C20H31BO3. The molecule has 4 heteroatoms. The van der Waals surface area contributed by atoms with Crippen LogP contribution in [0.4, 0.5) is 0 Å². The Hall–Kier alpha value is -1.10. The van der Waals surface area contributed by atoms with Gasteiger partial charge >= 0.3 is 7.12 Å². The van der Waals surface area contributed by atoms with E-state index >= 15 is 0 Å². The first-order chi connectivity index (χ1) is 11.2. The van der Waals surface area contributed by atoms with Gasteiger partial charge in [-0.3, -0.25) is 0 Å². The van der Waals surface area contributed by atoms with Crippen LogP contribution in [0.5, 0.6) is 0 Å². The third-order valence-corrected chi connectivity index (χ3v) is 5.21. The minimum Gasteiger partial charge on any atom is -0.403 e. The van der Waals surface area contributed by atoms with Gasteiger partial charge in [0.2, 0.25) is 0 Å². The van der Waals surface area contributed by atoms with Crippen LogP contribution in [0.1, 0.15) is 65.0 Å². The van der Waals surface area contributed by atoms with Crippen molar-refractivity contribution in [1.82, 2.24) is 0 Å². The molecule has 1 fully saturated rings. The zero-order valence-corrected chi connectivity index (χ0v) is 15.9. The van der Waals surface area contributed by atoms with Crippen molar-refractivity contribution in [3.8, 4) is 0 Å². The summed E-state index contributed by atoms with van der Waals surface area (Å²) in [5.41, 5.74) is 2.78. The highest BCUT2D eigenvalue weighted by Gasteiger charge is 2.50. The lowest BCUT2D eigenvalue weighted by Crippen LogP contribution is -2.41. The maximum atomic E-state index is 9.69. The van der Waals surface area contributed by atoms with E-state index in [2.05, 4.69) is 71.9 Å². The van der Waals surface area contributed by atoms with Crippen LogP contribution in [0.3, 0.4) is 0 Å². The zero-order chi connectivity index (χ0) is 18.0. The van der Waals surface area contributed by atoms with E-state index in [0.717, 1.165) is 23.9 Å². The van der Waals surface area contributed by atoms with Crippen LogP contribution < -0.4 is 0 Å². The minimum atomic E-state index is -0.284. The summed E-state index contributed by atoms with van der Waals surface area (Å²) in [5, 5.41) is 9.69. The second-order valence-electron chi connectivity index (χ2n) is 7.93. The summed E-state index contributed by atoms with van der Waals surface area (Å²) in [6.45, 7) is 12.7. The molecule has 0 spiro atoms. The molecule has 0 radical (unpaired) electrons. The fourth-order valence-electron chi connectivity index (χ4n) is 2.83. The molecule has 0 bridgehead atoms. The number of aliphatic hydroxyl groups excluding tert-OH is 1. The van der Waals surface area contributed by atoms with Crippen LogP contribution in [0, 0.1) is 0 Å². The van der Waals surface area contributed by atoms with E-state index in [4.69, 9.17) is 9.31 Å². The fourth-order valence-corrected chi connectivity index (χ4v) is 2.83. The highest BCUT2D eigenvalue weighted by molar-refractivity contribution is 6.45. The summed E-state index contributed by atoms with van der Waals surface area (Å²) in [6, 6.07) is 8.45. The van der Waals surface area contributed by atoms with Crippen LogP contribution >= 0.6 is 0 Å². The number of allylic oxidation sites excluding steroid dienone is 1. The summed E-state index contributed by atoms with van der Waals surface area (Å²) in [5.74, 6) is 0.518. The molecule has 1 aliphatic heterocycles. The van der Waals surface area contributed by atoms with Gasteiger partial charge in [0.1, 0.15) is 0 Å². The first-order valence-electron chi connectivity index (χ1n) is 8.92. The van der Waals surface area contributed by atoms with Crippen molar-refractivity contribution >= 4 is 12.7 Å². The summed E-state index contributed by atoms with van der Waals surface area (Å²) >= 11 is 0. The van der Waals surface area contributed by atoms with Crippen molar-refractivity contribution < 1.29 is 14.4 Å². The quantitative estimate of drug-likeness (QED) is 0.771. The van der Waals surface area contributed by atoms with Gasteiger partial charge in [0.15, 0.2) is 0 Å². The summed E-state index contributed by atoms with van der Waals surface area (Å²) < 4.78 is 12.0. The van der Waals surface area contributed by atoms with Gasteiger partial charge in [-0.15, -0.1) is 0 Å². The van der Waals surface area contributed by atoms with Crippen LogP contribution in [-0.2, 0) is 9.31 Å². The standard InChI is InChI=1S/C20H31BO3/c1-15(2)16-9-11-17(12-10-16)18(14-22)8-7-13-21-23-19(3,4)20(5,6)24-21/h8-12,15,22H,7,13-14H2,1-6H3/b18-8-. The summed E-state index contributed by atoms with van der Waals surface area (Å²) in [4.78, 5) is 0. The molecule has 132 valence electrons. The van der Waals surface area contributed by atoms with Crippen molar-refractivity contribution in [3.05, 3.63) is 41.5 Å². The van der Waals surface area contributed by atoms with Gasteiger partial charge in [0, 0.05) is 0 Å². The average molecular weight is 330 g/mol. The maximum absolute atomic E-state index is 9.69. The maximum Gasteiger partial charge on any atom is 0.458 e. The predicted octanol–water partition coefficient (Wildman–Crippen LogP) is 4.67. The zero-order valence-electron chi connectivity index (χ0n) is 15.9. The number of hydrogen-bond acceptors (Lipinski definition) is 3. The molecule has 0 aliphatic carbocycles. The molecular weight excluding hydrogens is 299 g/mol. The van der Waals surface area contributed by atoms with Gasteiger partial charge in [-0.1, -0.05) is 44.2 Å². The lowest BCUT2D eigenvalue weighted by Gasteiger charge is -2.32. The van der Waals surface area contributed by atoms with Crippen molar-refractivity contribution in [2.75, 3.05) is 6.61 Å². The second-order valence-corrected chi connectivity index (χ2v) is 7.93. The van der Waals surface area contributed by atoms with Crippen molar-refractivity contribution in [2.45, 2.75) is 71.4 Å². The topological polar surface area (TPSA) is 38.7 Å². The van der Waals surface area contributed by atoms with Gasteiger partial charge in [0.05, 0.1) is 17.8 Å². The molecule has 3 nitrogen and oxygen atoms in total. The monoisotopic (exact) mass is 330 g/mol. The fraction of sp³-hybridized carbons (Fsp3) is 0.600. The molecule has 0 aromatic heterocycles. The van der Waals surface area contributed by atoms with Crippen LogP contribution in [0.15, 0.2) is 30.3 Å². The molecule has 1 aromatic rings. The number of aliphatic hydroxyl groups is 1. The van der Waals surface area contributed by atoms with E-state index in [1.807, 2.05) is 0 Å². The molecule has 1 aliphatic rings. The molecule has 1 heterocycles. The van der Waals surface area contributed by atoms with Crippen molar-refractivity contribution in [3.63, 3.8) is 0 Å². The van der Waals surface area contributed by atoms with Gasteiger partial charge in [-0.25, -0.2) is 0 Å². The van der Waals surface area contributed by atoms with Gasteiger partial charge in [-0.05, 0) is 63.1 Å². The molecule has 1 saturated heterocycles. The normalized spacial score (nSPS) is 20.0. The third kappa shape index (κ3) is 4.30. The smallest absolute Gasteiger partial charge is 0.403 e. The molecule has 1 aromatic carbocycles. The number of benzene rings is 1. The molecule has 2 rings (SSSR count). The third-order valence-electron chi connectivity index (χ3n) is 5.21. The van der Waals surface area contributed by atoms with E-state index in [0.29, 0.717) is 5.92 Å². The number of hydrogen-bond donors (Lipinski definition) is 1. The molecule has 1 N–H and O–H groups in total. The Labute approximate surface area is 147 Å². The Morgan fingerprint density at radius 2 is 1.62 bits per heavy atom. The average Bonchev–Trinajstić information content (AvgIpc) is 2.71.